The van der Waals surface area contributed by atoms with E-state index in [1.807, 2.05) is 30.3 Å². The highest BCUT2D eigenvalue weighted by atomic mass is 19.1. The van der Waals surface area contributed by atoms with Gasteiger partial charge in [-0.15, -0.1) is 0 Å². The van der Waals surface area contributed by atoms with E-state index < -0.39 is 0 Å². The highest BCUT2D eigenvalue weighted by Gasteiger charge is 2.19. The van der Waals surface area contributed by atoms with Gasteiger partial charge in [0.2, 0.25) is 6.54 Å². The fourth-order valence-electron chi connectivity index (χ4n) is 1.93. The van der Waals surface area contributed by atoms with E-state index in [0.29, 0.717) is 0 Å². The van der Waals surface area contributed by atoms with Gasteiger partial charge in [-0.05, 0) is 23.3 Å². The molecule has 0 saturated carbocycles. The minimum atomic E-state index is -0.346. The SMILES string of the molecule is O=[N+]([O-])C[C@@H](c1ccccc1)c1ccc(F)cc1. The van der Waals surface area contributed by atoms with Crippen LogP contribution >= 0.6 is 0 Å². The van der Waals surface area contributed by atoms with Crippen LogP contribution in [-0.4, -0.2) is 11.5 Å². The van der Waals surface area contributed by atoms with Gasteiger partial charge in [0.15, 0.2) is 0 Å². The molecule has 0 saturated heterocycles. The van der Waals surface area contributed by atoms with Gasteiger partial charge in [-0.2, -0.15) is 0 Å². The van der Waals surface area contributed by atoms with Gasteiger partial charge < -0.3 is 0 Å². The molecule has 92 valence electrons. The zero-order chi connectivity index (χ0) is 13.0. The molecule has 0 aliphatic heterocycles. The summed E-state index contributed by atoms with van der Waals surface area (Å²) in [4.78, 5) is 10.4. The van der Waals surface area contributed by atoms with Crippen molar-refractivity contribution in [2.75, 3.05) is 6.54 Å². The van der Waals surface area contributed by atoms with Crippen molar-refractivity contribution in [3.05, 3.63) is 81.7 Å². The van der Waals surface area contributed by atoms with E-state index in [1.54, 1.807) is 12.1 Å². The first-order valence-corrected chi connectivity index (χ1v) is 5.59. The minimum absolute atomic E-state index is 0.199. The summed E-state index contributed by atoms with van der Waals surface area (Å²) in [6.07, 6.45) is 0. The summed E-state index contributed by atoms with van der Waals surface area (Å²) < 4.78 is 12.9. The van der Waals surface area contributed by atoms with Gasteiger partial charge in [0, 0.05) is 4.92 Å². The molecule has 0 bridgehead atoms. The molecule has 2 aromatic carbocycles. The second-order valence-corrected chi connectivity index (χ2v) is 4.03. The monoisotopic (exact) mass is 245 g/mol. The summed E-state index contributed by atoms with van der Waals surface area (Å²) in [5, 5.41) is 10.8. The minimum Gasteiger partial charge on any atom is -0.265 e. The van der Waals surface area contributed by atoms with Gasteiger partial charge in [-0.1, -0.05) is 42.5 Å². The van der Waals surface area contributed by atoms with Crippen LogP contribution in [0.2, 0.25) is 0 Å². The van der Waals surface area contributed by atoms with Gasteiger partial charge in [-0.3, -0.25) is 10.1 Å². The molecule has 0 aromatic heterocycles. The van der Waals surface area contributed by atoms with Crippen molar-refractivity contribution in [1.82, 2.24) is 0 Å². The van der Waals surface area contributed by atoms with Crippen LogP contribution in [0.4, 0.5) is 4.39 Å². The first kappa shape index (κ1) is 12.2. The zero-order valence-corrected chi connectivity index (χ0v) is 9.62. The third-order valence-electron chi connectivity index (χ3n) is 2.81. The van der Waals surface area contributed by atoms with Gasteiger partial charge >= 0.3 is 0 Å². The standard InChI is InChI=1S/C14H12FNO2/c15-13-8-6-12(7-9-13)14(10-16(17)18)11-4-2-1-3-5-11/h1-9,14H,10H2/t14-/m0/s1. The Balaban J connectivity index is 2.36. The molecule has 4 heteroatoms. The number of hydrogen-bond acceptors (Lipinski definition) is 2. The Hall–Kier alpha value is -2.23. The molecule has 0 N–H and O–H groups in total. The summed E-state index contributed by atoms with van der Waals surface area (Å²) in [5.74, 6) is -0.687. The van der Waals surface area contributed by atoms with Gasteiger partial charge in [0.25, 0.3) is 0 Å². The third kappa shape index (κ3) is 2.91. The molecule has 2 aromatic rings. The number of rotatable bonds is 4. The van der Waals surface area contributed by atoms with Crippen LogP contribution in [0.5, 0.6) is 0 Å². The van der Waals surface area contributed by atoms with Crippen molar-refractivity contribution < 1.29 is 9.31 Å². The normalized spacial score (nSPS) is 12.1. The summed E-state index contributed by atoms with van der Waals surface area (Å²) in [6.45, 7) is -0.199. The average molecular weight is 245 g/mol. The highest BCUT2D eigenvalue weighted by molar-refractivity contribution is 5.32. The summed E-state index contributed by atoms with van der Waals surface area (Å²) in [5.41, 5.74) is 1.61. The maximum absolute atomic E-state index is 12.9. The molecule has 0 amide bonds. The van der Waals surface area contributed by atoms with Crippen molar-refractivity contribution >= 4 is 0 Å². The van der Waals surface area contributed by atoms with E-state index in [1.165, 1.54) is 12.1 Å². The number of benzene rings is 2. The smallest absolute Gasteiger partial charge is 0.214 e. The van der Waals surface area contributed by atoms with Crippen LogP contribution in [0.25, 0.3) is 0 Å². The van der Waals surface area contributed by atoms with Crippen LogP contribution in [0, 0.1) is 15.9 Å². The van der Waals surface area contributed by atoms with Crippen molar-refractivity contribution in [3.63, 3.8) is 0 Å². The topological polar surface area (TPSA) is 43.1 Å². The summed E-state index contributed by atoms with van der Waals surface area (Å²) >= 11 is 0. The lowest BCUT2D eigenvalue weighted by Crippen LogP contribution is -2.13. The predicted octanol–water partition coefficient (Wildman–Crippen LogP) is 3.23. The quantitative estimate of drug-likeness (QED) is 0.613. The maximum Gasteiger partial charge on any atom is 0.214 e. The molecule has 0 radical (unpaired) electrons. The van der Waals surface area contributed by atoms with Crippen LogP contribution in [0.3, 0.4) is 0 Å². The first-order chi connectivity index (χ1) is 8.66. The molecule has 0 fully saturated rings. The van der Waals surface area contributed by atoms with Gasteiger partial charge in [0.1, 0.15) is 5.82 Å². The fourth-order valence-corrected chi connectivity index (χ4v) is 1.93. The molecular weight excluding hydrogens is 233 g/mol. The summed E-state index contributed by atoms with van der Waals surface area (Å²) in [6, 6.07) is 15.1. The maximum atomic E-state index is 12.9. The lowest BCUT2D eigenvalue weighted by Gasteiger charge is -2.13. The van der Waals surface area contributed by atoms with Crippen molar-refractivity contribution in [3.8, 4) is 0 Å². The highest BCUT2D eigenvalue weighted by Crippen LogP contribution is 2.24. The van der Waals surface area contributed by atoms with Crippen molar-refractivity contribution in [2.45, 2.75) is 5.92 Å². The molecule has 18 heavy (non-hydrogen) atoms. The molecule has 0 unspecified atom stereocenters. The Morgan fingerprint density at radius 3 is 2.11 bits per heavy atom. The van der Waals surface area contributed by atoms with E-state index in [-0.39, 0.29) is 23.2 Å². The van der Waals surface area contributed by atoms with Crippen LogP contribution in [-0.2, 0) is 0 Å². The molecule has 0 heterocycles. The predicted molar refractivity (Wildman–Crippen MR) is 66.5 cm³/mol. The average Bonchev–Trinajstić information content (AvgIpc) is 2.38. The van der Waals surface area contributed by atoms with E-state index >= 15 is 0 Å². The van der Waals surface area contributed by atoms with Crippen LogP contribution < -0.4 is 0 Å². The fraction of sp³-hybridized carbons (Fsp3) is 0.143. The third-order valence-corrected chi connectivity index (χ3v) is 2.81. The molecule has 0 aliphatic rings. The Kier molecular flexibility index (Phi) is 3.67. The zero-order valence-electron chi connectivity index (χ0n) is 9.62. The van der Waals surface area contributed by atoms with Crippen molar-refractivity contribution in [2.24, 2.45) is 0 Å². The Labute approximate surface area is 104 Å². The number of nitrogens with zero attached hydrogens (tertiary/aromatic N) is 1. The lowest BCUT2D eigenvalue weighted by molar-refractivity contribution is -0.481. The molecule has 0 aliphatic carbocycles. The van der Waals surface area contributed by atoms with Crippen LogP contribution in [0.15, 0.2) is 54.6 Å². The molecule has 2 rings (SSSR count). The molecule has 1 atom stereocenters. The van der Waals surface area contributed by atoms with Crippen LogP contribution in [0.1, 0.15) is 17.0 Å². The van der Waals surface area contributed by atoms with Gasteiger partial charge in [0.05, 0.1) is 5.92 Å². The van der Waals surface area contributed by atoms with E-state index in [4.69, 9.17) is 0 Å². The van der Waals surface area contributed by atoms with E-state index in [0.717, 1.165) is 11.1 Å². The van der Waals surface area contributed by atoms with Crippen molar-refractivity contribution in [1.29, 1.82) is 0 Å². The molecule has 0 spiro atoms. The van der Waals surface area contributed by atoms with E-state index in [9.17, 15) is 14.5 Å². The lowest BCUT2D eigenvalue weighted by atomic mass is 9.91. The Morgan fingerprint density at radius 2 is 1.56 bits per heavy atom. The first-order valence-electron chi connectivity index (χ1n) is 5.59. The largest absolute Gasteiger partial charge is 0.265 e. The number of halogens is 1. The Bertz CT molecular complexity index is 525. The number of hydrogen-bond donors (Lipinski definition) is 0. The second-order valence-electron chi connectivity index (χ2n) is 4.03. The Morgan fingerprint density at radius 1 is 1.00 bits per heavy atom. The summed E-state index contributed by atoms with van der Waals surface area (Å²) in [7, 11) is 0. The second kappa shape index (κ2) is 5.40. The molecule has 3 nitrogen and oxygen atoms in total. The van der Waals surface area contributed by atoms with Gasteiger partial charge in [-0.25, -0.2) is 4.39 Å². The number of nitro groups is 1. The van der Waals surface area contributed by atoms with E-state index in [2.05, 4.69) is 0 Å². The molecular formula is C14H12FNO2.